The van der Waals surface area contributed by atoms with Gasteiger partial charge >= 0.3 is 0 Å². The van der Waals surface area contributed by atoms with Crippen molar-refractivity contribution in [3.8, 4) is 11.1 Å². The molecule has 2 aromatic carbocycles. The summed E-state index contributed by atoms with van der Waals surface area (Å²) in [6.45, 7) is 4.82. The van der Waals surface area contributed by atoms with Crippen molar-refractivity contribution in [3.63, 3.8) is 0 Å². The van der Waals surface area contributed by atoms with Crippen molar-refractivity contribution in [2.75, 3.05) is 6.61 Å². The number of pyridine rings is 2. The minimum absolute atomic E-state index is 0.0365. The van der Waals surface area contributed by atoms with Crippen LogP contribution < -0.4 is 5.32 Å². The molecule has 5 nitrogen and oxygen atoms in total. The van der Waals surface area contributed by atoms with Crippen LogP contribution in [0.5, 0.6) is 0 Å². The quantitative estimate of drug-likeness (QED) is 0.334. The van der Waals surface area contributed by atoms with E-state index in [0.717, 1.165) is 41.5 Å². The van der Waals surface area contributed by atoms with Gasteiger partial charge in [0.25, 0.3) is 5.91 Å². The second kappa shape index (κ2) is 11.1. The fourth-order valence-electron chi connectivity index (χ4n) is 5.24. The first-order valence-corrected chi connectivity index (χ1v) is 12.9. The van der Waals surface area contributed by atoms with Crippen molar-refractivity contribution >= 4 is 5.91 Å². The molecule has 1 fully saturated rings. The zero-order chi connectivity index (χ0) is 25.7. The van der Waals surface area contributed by atoms with Crippen molar-refractivity contribution in [2.45, 2.75) is 50.7 Å². The summed E-state index contributed by atoms with van der Waals surface area (Å²) in [7, 11) is 0. The predicted octanol–water partition coefficient (Wildman–Crippen LogP) is 6.21. The molecule has 0 aliphatic carbocycles. The molecule has 37 heavy (non-hydrogen) atoms. The Balaban J connectivity index is 1.42. The Morgan fingerprint density at radius 3 is 2.38 bits per heavy atom. The molecule has 1 atom stereocenters. The Kier molecular flexibility index (Phi) is 7.42. The van der Waals surface area contributed by atoms with Gasteiger partial charge in [-0.2, -0.15) is 0 Å². The summed E-state index contributed by atoms with van der Waals surface area (Å²) in [5.74, 6) is 0.0810. The van der Waals surface area contributed by atoms with Crippen LogP contribution >= 0.6 is 0 Å². The molecule has 1 unspecified atom stereocenters. The maximum absolute atomic E-state index is 13.2. The van der Waals surface area contributed by atoms with E-state index in [2.05, 4.69) is 71.6 Å². The standard InChI is InChI=1S/C32H33N3O2/c1-32(2)20-28(14-17-37-32)35-31(36)25-10-5-9-23(18-25)29-13-4-3-8-24(29)19-30(26-11-6-15-33-21-26)27-12-7-16-34-22-27/h3-13,15-16,18,21-22,28,30H,14,17,19-20H2,1-2H3,(H,35,36). The molecule has 1 saturated heterocycles. The molecule has 1 aliphatic rings. The van der Waals surface area contributed by atoms with E-state index in [-0.39, 0.29) is 23.5 Å². The molecular formula is C32H33N3O2. The second-order valence-electron chi connectivity index (χ2n) is 10.3. The smallest absolute Gasteiger partial charge is 0.251 e. The molecule has 0 bridgehead atoms. The van der Waals surface area contributed by atoms with Crippen LogP contribution in [0, 0.1) is 0 Å². The average Bonchev–Trinajstić information content (AvgIpc) is 2.92. The number of hydrogen-bond acceptors (Lipinski definition) is 4. The molecule has 1 N–H and O–H groups in total. The largest absolute Gasteiger partial charge is 0.375 e. The highest BCUT2D eigenvalue weighted by Gasteiger charge is 2.30. The number of carbonyl (C=O) groups is 1. The number of carbonyl (C=O) groups excluding carboxylic acids is 1. The number of aromatic nitrogens is 2. The molecule has 5 heteroatoms. The molecule has 1 amide bonds. The molecular weight excluding hydrogens is 458 g/mol. The number of amides is 1. The lowest BCUT2D eigenvalue weighted by Crippen LogP contribution is -2.45. The molecule has 0 radical (unpaired) electrons. The Bertz CT molecular complexity index is 1300. The monoisotopic (exact) mass is 491 g/mol. The lowest BCUT2D eigenvalue weighted by Gasteiger charge is -2.35. The van der Waals surface area contributed by atoms with Crippen molar-refractivity contribution in [3.05, 3.63) is 120 Å². The van der Waals surface area contributed by atoms with E-state index in [1.54, 1.807) is 12.4 Å². The maximum atomic E-state index is 13.2. The summed E-state index contributed by atoms with van der Waals surface area (Å²) in [6.07, 6.45) is 9.91. The van der Waals surface area contributed by atoms with Gasteiger partial charge in [0.2, 0.25) is 0 Å². The van der Waals surface area contributed by atoms with Crippen molar-refractivity contribution < 1.29 is 9.53 Å². The molecule has 1 aliphatic heterocycles. The van der Waals surface area contributed by atoms with E-state index in [1.807, 2.05) is 42.7 Å². The Hall–Kier alpha value is -3.83. The predicted molar refractivity (Wildman–Crippen MR) is 146 cm³/mol. The maximum Gasteiger partial charge on any atom is 0.251 e. The first kappa shape index (κ1) is 24.8. The van der Waals surface area contributed by atoms with E-state index in [4.69, 9.17) is 4.74 Å². The van der Waals surface area contributed by atoms with Gasteiger partial charge in [-0.3, -0.25) is 14.8 Å². The van der Waals surface area contributed by atoms with Crippen LogP contribution in [0.3, 0.4) is 0 Å². The molecule has 2 aromatic heterocycles. The van der Waals surface area contributed by atoms with Crippen LogP contribution in [0.4, 0.5) is 0 Å². The van der Waals surface area contributed by atoms with Gasteiger partial charge in [0, 0.05) is 48.9 Å². The Morgan fingerprint density at radius 1 is 0.973 bits per heavy atom. The van der Waals surface area contributed by atoms with Gasteiger partial charge in [-0.05, 0) is 85.2 Å². The fraction of sp³-hybridized carbons (Fsp3) is 0.281. The average molecular weight is 492 g/mol. The van der Waals surface area contributed by atoms with Crippen LogP contribution in [0.25, 0.3) is 11.1 Å². The van der Waals surface area contributed by atoms with Gasteiger partial charge in [-0.1, -0.05) is 48.5 Å². The molecule has 188 valence electrons. The second-order valence-corrected chi connectivity index (χ2v) is 10.3. The van der Waals surface area contributed by atoms with Gasteiger partial charge in [0.15, 0.2) is 0 Å². The van der Waals surface area contributed by atoms with Gasteiger partial charge in [-0.25, -0.2) is 0 Å². The van der Waals surface area contributed by atoms with Crippen molar-refractivity contribution in [1.29, 1.82) is 0 Å². The van der Waals surface area contributed by atoms with Gasteiger partial charge in [0.1, 0.15) is 0 Å². The normalized spacial score (nSPS) is 16.9. The number of hydrogen-bond donors (Lipinski definition) is 1. The van der Waals surface area contributed by atoms with Crippen molar-refractivity contribution in [1.82, 2.24) is 15.3 Å². The zero-order valence-corrected chi connectivity index (χ0v) is 21.4. The fourth-order valence-corrected chi connectivity index (χ4v) is 5.24. The van der Waals surface area contributed by atoms with E-state index < -0.39 is 0 Å². The number of nitrogens with zero attached hydrogens (tertiary/aromatic N) is 2. The summed E-state index contributed by atoms with van der Waals surface area (Å²) >= 11 is 0. The highest BCUT2D eigenvalue weighted by Crippen LogP contribution is 2.33. The van der Waals surface area contributed by atoms with Gasteiger partial charge in [-0.15, -0.1) is 0 Å². The van der Waals surface area contributed by atoms with Crippen LogP contribution in [0.2, 0.25) is 0 Å². The highest BCUT2D eigenvalue weighted by molar-refractivity contribution is 5.95. The third kappa shape index (κ3) is 6.12. The van der Waals surface area contributed by atoms with Crippen LogP contribution in [0.1, 0.15) is 59.7 Å². The van der Waals surface area contributed by atoms with Crippen LogP contribution in [0.15, 0.2) is 97.6 Å². The van der Waals surface area contributed by atoms with Crippen molar-refractivity contribution in [2.24, 2.45) is 0 Å². The first-order valence-electron chi connectivity index (χ1n) is 12.9. The minimum atomic E-state index is -0.212. The summed E-state index contributed by atoms with van der Waals surface area (Å²) in [5, 5.41) is 3.23. The summed E-state index contributed by atoms with van der Waals surface area (Å²) in [6, 6.07) is 24.7. The number of rotatable bonds is 7. The third-order valence-corrected chi connectivity index (χ3v) is 7.08. The lowest BCUT2D eigenvalue weighted by atomic mass is 9.85. The van der Waals surface area contributed by atoms with Crippen LogP contribution in [-0.2, 0) is 11.2 Å². The topological polar surface area (TPSA) is 64.1 Å². The van der Waals surface area contributed by atoms with E-state index in [0.29, 0.717) is 12.2 Å². The number of ether oxygens (including phenoxy) is 1. The highest BCUT2D eigenvalue weighted by atomic mass is 16.5. The molecule has 3 heterocycles. The van der Waals surface area contributed by atoms with Crippen LogP contribution in [-0.4, -0.2) is 34.1 Å². The first-order chi connectivity index (χ1) is 18.0. The Labute approximate surface area is 219 Å². The lowest BCUT2D eigenvalue weighted by molar-refractivity contribution is -0.0615. The molecule has 0 spiro atoms. The SMILES string of the molecule is CC1(C)CC(NC(=O)c2cccc(-c3ccccc3CC(c3cccnc3)c3cccnc3)c2)CCO1. The summed E-state index contributed by atoms with van der Waals surface area (Å²) in [4.78, 5) is 21.9. The summed E-state index contributed by atoms with van der Waals surface area (Å²) in [5.41, 5.74) is 6.14. The molecule has 0 saturated carbocycles. The Morgan fingerprint density at radius 2 is 1.70 bits per heavy atom. The summed E-state index contributed by atoms with van der Waals surface area (Å²) < 4.78 is 5.81. The van der Waals surface area contributed by atoms with E-state index in [1.165, 1.54) is 5.56 Å². The molecule has 4 aromatic rings. The zero-order valence-electron chi connectivity index (χ0n) is 21.4. The van der Waals surface area contributed by atoms with Gasteiger partial charge in [0.05, 0.1) is 5.60 Å². The van der Waals surface area contributed by atoms with E-state index >= 15 is 0 Å². The minimum Gasteiger partial charge on any atom is -0.375 e. The number of benzene rings is 2. The number of nitrogens with one attached hydrogen (secondary N) is 1. The van der Waals surface area contributed by atoms with E-state index in [9.17, 15) is 4.79 Å². The third-order valence-electron chi connectivity index (χ3n) is 7.08. The van der Waals surface area contributed by atoms with Gasteiger partial charge < -0.3 is 10.1 Å². The molecule has 5 rings (SSSR count).